The number of halogens is 1. The first-order chi connectivity index (χ1) is 7.58. The molecule has 0 amide bonds. The fraction of sp³-hybridized carbons (Fsp3) is 0.462. The van der Waals surface area contributed by atoms with Crippen LogP contribution in [0.15, 0.2) is 22.7 Å². The lowest BCUT2D eigenvalue weighted by Gasteiger charge is -2.10. The molecule has 0 saturated carbocycles. The Bertz CT molecular complexity index is 374. The monoisotopic (exact) mass is 284 g/mol. The number of rotatable bonds is 5. The number of methoxy groups -OCH3 is 1. The van der Waals surface area contributed by atoms with Crippen LogP contribution in [-0.2, 0) is 11.2 Å². The first-order valence-electron chi connectivity index (χ1n) is 5.43. The van der Waals surface area contributed by atoms with Crippen LogP contribution < -0.4 is 4.74 Å². The molecule has 0 fully saturated rings. The summed E-state index contributed by atoms with van der Waals surface area (Å²) >= 11 is 3.44. The van der Waals surface area contributed by atoms with Gasteiger partial charge in [-0.25, -0.2) is 0 Å². The van der Waals surface area contributed by atoms with Crippen molar-refractivity contribution in [3.8, 4) is 5.75 Å². The van der Waals surface area contributed by atoms with Crippen molar-refractivity contribution < 1.29 is 9.53 Å². The van der Waals surface area contributed by atoms with Crippen LogP contribution in [0.1, 0.15) is 25.8 Å². The van der Waals surface area contributed by atoms with Crippen LogP contribution in [0.2, 0.25) is 0 Å². The minimum atomic E-state index is 0.0882. The number of ketones is 1. The van der Waals surface area contributed by atoms with Gasteiger partial charge in [-0.05, 0) is 40.0 Å². The van der Waals surface area contributed by atoms with Crippen LogP contribution in [-0.4, -0.2) is 12.9 Å². The van der Waals surface area contributed by atoms with E-state index >= 15 is 0 Å². The van der Waals surface area contributed by atoms with Crippen molar-refractivity contribution in [2.45, 2.75) is 26.7 Å². The Hall–Kier alpha value is -0.830. The quantitative estimate of drug-likeness (QED) is 0.826. The van der Waals surface area contributed by atoms with E-state index in [1.807, 2.05) is 32.0 Å². The van der Waals surface area contributed by atoms with Crippen LogP contribution >= 0.6 is 15.9 Å². The summed E-state index contributed by atoms with van der Waals surface area (Å²) in [4.78, 5) is 11.5. The van der Waals surface area contributed by atoms with Crippen LogP contribution in [0.5, 0.6) is 5.75 Å². The third-order valence-corrected chi connectivity index (χ3v) is 3.28. The Balaban J connectivity index is 2.75. The van der Waals surface area contributed by atoms with Crippen molar-refractivity contribution in [2.75, 3.05) is 7.11 Å². The molecule has 2 nitrogen and oxygen atoms in total. The van der Waals surface area contributed by atoms with Gasteiger partial charge in [-0.15, -0.1) is 0 Å². The Morgan fingerprint density at radius 1 is 1.50 bits per heavy atom. The molecule has 1 aromatic rings. The topological polar surface area (TPSA) is 26.3 Å². The molecule has 0 aromatic heterocycles. The molecule has 0 N–H and O–H groups in total. The molecule has 0 aliphatic heterocycles. The fourth-order valence-corrected chi connectivity index (χ4v) is 2.24. The van der Waals surface area contributed by atoms with Crippen molar-refractivity contribution in [1.82, 2.24) is 0 Å². The highest BCUT2D eigenvalue weighted by molar-refractivity contribution is 9.10. The third-order valence-electron chi connectivity index (χ3n) is 2.66. The van der Waals surface area contributed by atoms with Gasteiger partial charge in [-0.3, -0.25) is 4.79 Å². The van der Waals surface area contributed by atoms with Gasteiger partial charge >= 0.3 is 0 Å². The van der Waals surface area contributed by atoms with E-state index in [2.05, 4.69) is 15.9 Å². The molecule has 1 rings (SSSR count). The summed E-state index contributed by atoms with van der Waals surface area (Å²) < 4.78 is 6.09. The smallest absolute Gasteiger partial charge is 0.135 e. The lowest BCUT2D eigenvalue weighted by Crippen LogP contribution is -2.12. The number of benzene rings is 1. The summed E-state index contributed by atoms with van der Waals surface area (Å²) in [7, 11) is 1.64. The first kappa shape index (κ1) is 13.2. The minimum absolute atomic E-state index is 0.0882. The molecule has 0 bridgehead atoms. The minimum Gasteiger partial charge on any atom is -0.496 e. The molecule has 0 aliphatic carbocycles. The second kappa shape index (κ2) is 6.04. The summed E-state index contributed by atoms with van der Waals surface area (Å²) in [5.41, 5.74) is 1.15. The molecule has 0 spiro atoms. The van der Waals surface area contributed by atoms with Gasteiger partial charge in [0.25, 0.3) is 0 Å². The standard InChI is InChI=1S/C13H17BrO2/c1-4-12(15)9(2)7-10-5-6-13(16-3)11(14)8-10/h5-6,8-9H,4,7H2,1-3H3. The lowest BCUT2D eigenvalue weighted by molar-refractivity contribution is -0.122. The molecule has 0 heterocycles. The number of carbonyl (C=O) groups excluding carboxylic acids is 1. The van der Waals surface area contributed by atoms with E-state index in [-0.39, 0.29) is 5.92 Å². The molecule has 0 radical (unpaired) electrons. The molecule has 0 aliphatic rings. The average Bonchev–Trinajstić information content (AvgIpc) is 2.28. The highest BCUT2D eigenvalue weighted by atomic mass is 79.9. The average molecular weight is 285 g/mol. The van der Waals surface area contributed by atoms with Gasteiger partial charge in [0, 0.05) is 12.3 Å². The summed E-state index contributed by atoms with van der Waals surface area (Å²) in [6, 6.07) is 5.93. The number of hydrogen-bond acceptors (Lipinski definition) is 2. The van der Waals surface area contributed by atoms with E-state index in [0.29, 0.717) is 12.2 Å². The van der Waals surface area contributed by atoms with E-state index < -0.39 is 0 Å². The highest BCUT2D eigenvalue weighted by Gasteiger charge is 2.12. The molecule has 1 aromatic carbocycles. The molecule has 3 heteroatoms. The molecule has 88 valence electrons. The van der Waals surface area contributed by atoms with Gasteiger partial charge in [-0.2, -0.15) is 0 Å². The number of Topliss-reactive ketones (excluding diaryl/α,β-unsaturated/α-hetero) is 1. The van der Waals surface area contributed by atoms with E-state index in [9.17, 15) is 4.79 Å². The molecule has 0 saturated heterocycles. The van der Waals surface area contributed by atoms with Crippen molar-refractivity contribution >= 4 is 21.7 Å². The molecular formula is C13H17BrO2. The molecule has 16 heavy (non-hydrogen) atoms. The van der Waals surface area contributed by atoms with Gasteiger partial charge in [-0.1, -0.05) is 19.9 Å². The van der Waals surface area contributed by atoms with Crippen LogP contribution in [0.25, 0.3) is 0 Å². The van der Waals surface area contributed by atoms with Crippen molar-refractivity contribution in [2.24, 2.45) is 5.92 Å². The van der Waals surface area contributed by atoms with Gasteiger partial charge in [0.2, 0.25) is 0 Å². The van der Waals surface area contributed by atoms with Crippen molar-refractivity contribution in [1.29, 1.82) is 0 Å². The van der Waals surface area contributed by atoms with E-state index in [0.717, 1.165) is 22.2 Å². The maximum atomic E-state index is 11.5. The molecular weight excluding hydrogens is 268 g/mol. The lowest BCUT2D eigenvalue weighted by atomic mass is 9.96. The number of hydrogen-bond donors (Lipinski definition) is 0. The Kier molecular flexibility index (Phi) is 5.00. The van der Waals surface area contributed by atoms with Crippen molar-refractivity contribution in [3.63, 3.8) is 0 Å². The van der Waals surface area contributed by atoms with Crippen LogP contribution in [0.4, 0.5) is 0 Å². The normalized spacial score (nSPS) is 12.2. The Morgan fingerprint density at radius 2 is 2.19 bits per heavy atom. The van der Waals surface area contributed by atoms with Gasteiger partial charge in [0.15, 0.2) is 0 Å². The Morgan fingerprint density at radius 3 is 2.69 bits per heavy atom. The van der Waals surface area contributed by atoms with Gasteiger partial charge in [0.1, 0.15) is 11.5 Å². The maximum absolute atomic E-state index is 11.5. The van der Waals surface area contributed by atoms with E-state index in [4.69, 9.17) is 4.74 Å². The zero-order chi connectivity index (χ0) is 12.1. The van der Waals surface area contributed by atoms with Crippen LogP contribution in [0.3, 0.4) is 0 Å². The summed E-state index contributed by atoms with van der Waals surface area (Å²) in [6.07, 6.45) is 1.40. The Labute approximate surface area is 105 Å². The summed E-state index contributed by atoms with van der Waals surface area (Å²) in [5, 5.41) is 0. The predicted molar refractivity (Wildman–Crippen MR) is 68.9 cm³/mol. The zero-order valence-electron chi connectivity index (χ0n) is 9.92. The second-order valence-electron chi connectivity index (χ2n) is 3.89. The van der Waals surface area contributed by atoms with E-state index in [1.54, 1.807) is 7.11 Å². The van der Waals surface area contributed by atoms with Crippen molar-refractivity contribution in [3.05, 3.63) is 28.2 Å². The fourth-order valence-electron chi connectivity index (χ4n) is 1.65. The summed E-state index contributed by atoms with van der Waals surface area (Å²) in [6.45, 7) is 3.88. The SMILES string of the molecule is CCC(=O)C(C)Cc1ccc(OC)c(Br)c1. The third kappa shape index (κ3) is 3.34. The zero-order valence-corrected chi connectivity index (χ0v) is 11.5. The highest BCUT2D eigenvalue weighted by Crippen LogP contribution is 2.26. The number of ether oxygens (including phenoxy) is 1. The molecule has 1 unspecified atom stereocenters. The van der Waals surface area contributed by atoms with Crippen LogP contribution in [0, 0.1) is 5.92 Å². The number of carbonyl (C=O) groups is 1. The summed E-state index contributed by atoms with van der Waals surface area (Å²) in [5.74, 6) is 1.22. The predicted octanol–water partition coefficient (Wildman–Crippen LogP) is 3.62. The second-order valence-corrected chi connectivity index (χ2v) is 4.75. The van der Waals surface area contributed by atoms with Gasteiger partial charge in [0.05, 0.1) is 11.6 Å². The van der Waals surface area contributed by atoms with E-state index in [1.165, 1.54) is 0 Å². The first-order valence-corrected chi connectivity index (χ1v) is 6.22. The molecule has 1 atom stereocenters. The van der Waals surface area contributed by atoms with Gasteiger partial charge < -0.3 is 4.74 Å². The largest absolute Gasteiger partial charge is 0.496 e. The maximum Gasteiger partial charge on any atom is 0.135 e.